The molecule has 2 rings (SSSR count). The minimum atomic E-state index is -0.581. The second-order valence-electron chi connectivity index (χ2n) is 4.18. The van der Waals surface area contributed by atoms with Crippen molar-refractivity contribution in [3.05, 3.63) is 30.6 Å². The van der Waals surface area contributed by atoms with E-state index in [1.165, 1.54) is 11.8 Å². The SMILES string of the molecule is COc1cccc(OCC(O)CSc2nncn2C)c1. The summed E-state index contributed by atoms with van der Waals surface area (Å²) in [5.41, 5.74) is 0. The lowest BCUT2D eigenvalue weighted by molar-refractivity contribution is 0.126. The summed E-state index contributed by atoms with van der Waals surface area (Å²) in [6, 6.07) is 7.29. The highest BCUT2D eigenvalue weighted by molar-refractivity contribution is 7.99. The molecule has 1 aromatic heterocycles. The molecule has 1 unspecified atom stereocenters. The van der Waals surface area contributed by atoms with Crippen LogP contribution in [0.2, 0.25) is 0 Å². The average molecular weight is 295 g/mol. The molecule has 0 aliphatic heterocycles. The third kappa shape index (κ3) is 4.14. The van der Waals surface area contributed by atoms with Gasteiger partial charge in [0.05, 0.1) is 13.2 Å². The summed E-state index contributed by atoms with van der Waals surface area (Å²) in [7, 11) is 3.47. The van der Waals surface area contributed by atoms with Crippen LogP contribution in [0, 0.1) is 0 Å². The lowest BCUT2D eigenvalue weighted by atomic mass is 10.3. The van der Waals surface area contributed by atoms with Gasteiger partial charge in [-0.2, -0.15) is 0 Å². The molecule has 0 fully saturated rings. The topological polar surface area (TPSA) is 69.4 Å². The fourth-order valence-corrected chi connectivity index (χ4v) is 2.30. The number of aromatic nitrogens is 3. The van der Waals surface area contributed by atoms with E-state index >= 15 is 0 Å². The van der Waals surface area contributed by atoms with Gasteiger partial charge < -0.3 is 19.1 Å². The van der Waals surface area contributed by atoms with Crippen LogP contribution in [0.25, 0.3) is 0 Å². The summed E-state index contributed by atoms with van der Waals surface area (Å²) in [6.45, 7) is 0.220. The molecular formula is C13H17N3O3S. The van der Waals surface area contributed by atoms with Crippen LogP contribution in [-0.2, 0) is 7.05 Å². The molecule has 1 aromatic carbocycles. The van der Waals surface area contributed by atoms with E-state index in [2.05, 4.69) is 10.2 Å². The molecule has 7 heteroatoms. The number of thioether (sulfide) groups is 1. The van der Waals surface area contributed by atoms with Crippen molar-refractivity contribution in [2.24, 2.45) is 7.05 Å². The molecule has 0 spiro atoms. The number of methoxy groups -OCH3 is 1. The Hall–Kier alpha value is -1.73. The Bertz CT molecular complexity index is 547. The molecule has 20 heavy (non-hydrogen) atoms. The van der Waals surface area contributed by atoms with E-state index in [9.17, 15) is 5.11 Å². The lowest BCUT2D eigenvalue weighted by Crippen LogP contribution is -2.20. The smallest absolute Gasteiger partial charge is 0.190 e. The van der Waals surface area contributed by atoms with Crippen molar-refractivity contribution in [1.29, 1.82) is 0 Å². The minimum absolute atomic E-state index is 0.220. The summed E-state index contributed by atoms with van der Waals surface area (Å²) in [5.74, 6) is 1.90. The van der Waals surface area contributed by atoms with E-state index in [1.807, 2.05) is 25.2 Å². The monoisotopic (exact) mass is 295 g/mol. The summed E-state index contributed by atoms with van der Waals surface area (Å²) in [5, 5.41) is 18.4. The number of aliphatic hydroxyl groups excluding tert-OH is 1. The van der Waals surface area contributed by atoms with E-state index in [1.54, 1.807) is 24.1 Å². The van der Waals surface area contributed by atoms with Gasteiger partial charge in [0.2, 0.25) is 0 Å². The highest BCUT2D eigenvalue weighted by Gasteiger charge is 2.09. The van der Waals surface area contributed by atoms with Gasteiger partial charge in [-0.1, -0.05) is 17.8 Å². The summed E-state index contributed by atoms with van der Waals surface area (Å²) < 4.78 is 12.4. The number of aryl methyl sites for hydroxylation is 1. The fourth-order valence-electron chi connectivity index (χ4n) is 1.51. The van der Waals surface area contributed by atoms with Gasteiger partial charge in [0.15, 0.2) is 5.16 Å². The molecule has 1 atom stereocenters. The van der Waals surface area contributed by atoms with E-state index in [-0.39, 0.29) is 6.61 Å². The lowest BCUT2D eigenvalue weighted by Gasteiger charge is -2.12. The van der Waals surface area contributed by atoms with Gasteiger partial charge in [0.25, 0.3) is 0 Å². The number of aliphatic hydroxyl groups is 1. The Kier molecular flexibility index (Phi) is 5.25. The molecule has 0 bridgehead atoms. The molecule has 108 valence electrons. The third-order valence-corrected chi connectivity index (χ3v) is 3.74. The maximum Gasteiger partial charge on any atom is 0.190 e. The van der Waals surface area contributed by atoms with Crippen LogP contribution in [-0.4, -0.2) is 45.4 Å². The predicted octanol–water partition coefficient (Wildman–Crippen LogP) is 1.36. The zero-order valence-electron chi connectivity index (χ0n) is 11.4. The molecule has 1 N–H and O–H groups in total. The Morgan fingerprint density at radius 3 is 2.90 bits per heavy atom. The number of nitrogens with zero attached hydrogens (tertiary/aromatic N) is 3. The zero-order valence-corrected chi connectivity index (χ0v) is 12.2. The van der Waals surface area contributed by atoms with Gasteiger partial charge in [-0.05, 0) is 12.1 Å². The van der Waals surface area contributed by atoms with Gasteiger partial charge in [0, 0.05) is 18.9 Å². The van der Waals surface area contributed by atoms with Gasteiger partial charge >= 0.3 is 0 Å². The standard InChI is InChI=1S/C13H17N3O3S/c1-16-9-14-15-13(16)20-8-10(17)7-19-12-5-3-4-11(6-12)18-2/h3-6,9-10,17H,7-8H2,1-2H3. The first-order valence-corrected chi connectivity index (χ1v) is 7.09. The molecule has 0 aliphatic carbocycles. The molecule has 0 aliphatic rings. The average Bonchev–Trinajstić information content (AvgIpc) is 2.88. The van der Waals surface area contributed by atoms with E-state index in [0.717, 1.165) is 10.9 Å². The Morgan fingerprint density at radius 1 is 1.40 bits per heavy atom. The van der Waals surface area contributed by atoms with Crippen LogP contribution in [0.3, 0.4) is 0 Å². The van der Waals surface area contributed by atoms with Crippen LogP contribution in [0.15, 0.2) is 35.7 Å². The van der Waals surface area contributed by atoms with E-state index in [4.69, 9.17) is 9.47 Å². The fraction of sp³-hybridized carbons (Fsp3) is 0.385. The summed E-state index contributed by atoms with van der Waals surface area (Å²) in [4.78, 5) is 0. The largest absolute Gasteiger partial charge is 0.497 e. The van der Waals surface area contributed by atoms with Crippen LogP contribution < -0.4 is 9.47 Å². The Labute approximate surface area is 121 Å². The molecule has 0 saturated carbocycles. The molecule has 1 heterocycles. The third-order valence-electron chi connectivity index (χ3n) is 2.56. The predicted molar refractivity (Wildman–Crippen MR) is 76.2 cm³/mol. The molecule has 0 amide bonds. The highest BCUT2D eigenvalue weighted by atomic mass is 32.2. The van der Waals surface area contributed by atoms with Crippen LogP contribution in [0.5, 0.6) is 11.5 Å². The minimum Gasteiger partial charge on any atom is -0.497 e. The molecular weight excluding hydrogens is 278 g/mol. The van der Waals surface area contributed by atoms with Crippen molar-refractivity contribution < 1.29 is 14.6 Å². The van der Waals surface area contributed by atoms with Crippen molar-refractivity contribution in [3.63, 3.8) is 0 Å². The van der Waals surface area contributed by atoms with Crippen LogP contribution >= 0.6 is 11.8 Å². The summed E-state index contributed by atoms with van der Waals surface area (Å²) >= 11 is 1.44. The van der Waals surface area contributed by atoms with Crippen LogP contribution in [0.4, 0.5) is 0 Å². The van der Waals surface area contributed by atoms with E-state index < -0.39 is 6.10 Å². The number of rotatable bonds is 7. The normalized spacial score (nSPS) is 12.2. The maximum absolute atomic E-state index is 9.89. The Balaban J connectivity index is 1.77. The maximum atomic E-state index is 9.89. The number of hydrogen-bond donors (Lipinski definition) is 1. The van der Waals surface area contributed by atoms with E-state index in [0.29, 0.717) is 11.5 Å². The number of hydrogen-bond acceptors (Lipinski definition) is 6. The summed E-state index contributed by atoms with van der Waals surface area (Å²) in [6.07, 6.45) is 1.05. The number of ether oxygens (including phenoxy) is 2. The second kappa shape index (κ2) is 7.16. The Morgan fingerprint density at radius 2 is 2.20 bits per heavy atom. The quantitative estimate of drug-likeness (QED) is 0.778. The van der Waals surface area contributed by atoms with Gasteiger partial charge in [0.1, 0.15) is 24.4 Å². The molecule has 0 radical (unpaired) electrons. The highest BCUT2D eigenvalue weighted by Crippen LogP contribution is 2.20. The van der Waals surface area contributed by atoms with Crippen molar-refractivity contribution in [1.82, 2.24) is 14.8 Å². The van der Waals surface area contributed by atoms with Crippen molar-refractivity contribution in [3.8, 4) is 11.5 Å². The van der Waals surface area contributed by atoms with Gasteiger partial charge in [-0.3, -0.25) is 0 Å². The zero-order chi connectivity index (χ0) is 14.4. The molecule has 2 aromatic rings. The second-order valence-corrected chi connectivity index (χ2v) is 5.17. The first kappa shape index (κ1) is 14.7. The first-order chi connectivity index (χ1) is 9.69. The first-order valence-electron chi connectivity index (χ1n) is 6.10. The van der Waals surface area contributed by atoms with Crippen molar-refractivity contribution in [2.75, 3.05) is 19.5 Å². The van der Waals surface area contributed by atoms with Crippen LogP contribution in [0.1, 0.15) is 0 Å². The molecule has 6 nitrogen and oxygen atoms in total. The number of benzene rings is 1. The van der Waals surface area contributed by atoms with Crippen molar-refractivity contribution in [2.45, 2.75) is 11.3 Å². The molecule has 0 saturated heterocycles. The van der Waals surface area contributed by atoms with Gasteiger partial charge in [-0.25, -0.2) is 0 Å². The van der Waals surface area contributed by atoms with Gasteiger partial charge in [-0.15, -0.1) is 10.2 Å². The van der Waals surface area contributed by atoms with Crippen molar-refractivity contribution >= 4 is 11.8 Å².